The zero-order valence-corrected chi connectivity index (χ0v) is 21.7. The number of hydrogen-bond donors (Lipinski definition) is 4. The van der Waals surface area contributed by atoms with E-state index < -0.39 is 17.6 Å². The number of anilines is 6. The van der Waals surface area contributed by atoms with Crippen molar-refractivity contribution in [2.45, 2.75) is 13.1 Å². The highest BCUT2D eigenvalue weighted by Crippen LogP contribution is 2.35. The standard InChI is InChI=1S/C14H13ClN4O.C11H8ClF3N4/c1-3-12(20)17-10-5-4-6-11(7-10)18-13-9(2)8-16-14(15)19-13;12-10-17-5-8(11(13,14)15)9(19-10)18-7-3-1-2-6(16)4-7/h3-8H,1H2,2H3,(H,17,20)(H,16,18,19);1-5H,16H2,(H,17,18,19). The number of nitrogens with zero attached hydrogens (tertiary/aromatic N) is 4. The van der Waals surface area contributed by atoms with Crippen LogP contribution in [-0.2, 0) is 11.0 Å². The molecule has 0 aliphatic heterocycles. The molecule has 0 spiro atoms. The minimum Gasteiger partial charge on any atom is -0.399 e. The van der Waals surface area contributed by atoms with E-state index in [2.05, 4.69) is 42.5 Å². The molecule has 14 heteroatoms. The first-order valence-electron chi connectivity index (χ1n) is 11.0. The van der Waals surface area contributed by atoms with Crippen molar-refractivity contribution in [2.24, 2.45) is 0 Å². The number of alkyl halides is 3. The number of hydrogen-bond acceptors (Lipinski definition) is 8. The Kier molecular flexibility index (Phi) is 9.63. The van der Waals surface area contributed by atoms with Crippen LogP contribution in [-0.4, -0.2) is 25.8 Å². The minimum absolute atomic E-state index is 0.175. The van der Waals surface area contributed by atoms with Crippen molar-refractivity contribution in [1.29, 1.82) is 0 Å². The van der Waals surface area contributed by atoms with Gasteiger partial charge in [0.25, 0.3) is 0 Å². The summed E-state index contributed by atoms with van der Waals surface area (Å²) in [6.45, 7) is 5.29. The lowest BCUT2D eigenvalue weighted by atomic mass is 10.2. The largest absolute Gasteiger partial charge is 0.421 e. The van der Waals surface area contributed by atoms with Crippen molar-refractivity contribution in [2.75, 3.05) is 21.7 Å². The van der Waals surface area contributed by atoms with Crippen molar-refractivity contribution in [3.63, 3.8) is 0 Å². The van der Waals surface area contributed by atoms with Gasteiger partial charge in [0.1, 0.15) is 17.2 Å². The van der Waals surface area contributed by atoms with Crippen LogP contribution in [0.2, 0.25) is 10.6 Å². The monoisotopic (exact) mass is 576 g/mol. The molecular weight excluding hydrogens is 556 g/mol. The fourth-order valence-corrected chi connectivity index (χ4v) is 3.23. The van der Waals surface area contributed by atoms with Gasteiger partial charge in [0.05, 0.1) is 0 Å². The predicted octanol–water partition coefficient (Wildman–Crippen LogP) is 6.78. The Bertz CT molecular complexity index is 1480. The Hall–Kier alpha value is -4.42. The zero-order valence-electron chi connectivity index (χ0n) is 20.2. The predicted molar refractivity (Wildman–Crippen MR) is 147 cm³/mol. The Morgan fingerprint density at radius 2 is 1.49 bits per heavy atom. The van der Waals surface area contributed by atoms with Gasteiger partial charge in [0.2, 0.25) is 16.5 Å². The summed E-state index contributed by atoms with van der Waals surface area (Å²) in [5, 5.41) is 8.24. The van der Waals surface area contributed by atoms with Crippen molar-refractivity contribution in [1.82, 2.24) is 19.9 Å². The summed E-state index contributed by atoms with van der Waals surface area (Å²) < 4.78 is 38.3. The number of aryl methyl sites for hydroxylation is 1. The smallest absolute Gasteiger partial charge is 0.399 e. The SMILES string of the molecule is C=CC(=O)Nc1cccc(Nc2nc(Cl)ncc2C)c1.Nc1cccc(Nc2nc(Cl)ncc2C(F)(F)F)c1. The van der Waals surface area contributed by atoms with E-state index in [9.17, 15) is 18.0 Å². The Morgan fingerprint density at radius 1 is 0.923 bits per heavy atom. The number of benzene rings is 2. The quantitative estimate of drug-likeness (QED) is 0.112. The second-order valence-corrected chi connectivity index (χ2v) is 8.40. The summed E-state index contributed by atoms with van der Waals surface area (Å²) in [6, 6.07) is 13.5. The molecule has 0 saturated carbocycles. The molecule has 39 heavy (non-hydrogen) atoms. The summed E-state index contributed by atoms with van der Waals surface area (Å²) in [4.78, 5) is 26.2. The van der Waals surface area contributed by atoms with Crippen LogP contribution < -0.4 is 21.7 Å². The summed E-state index contributed by atoms with van der Waals surface area (Å²) >= 11 is 11.3. The number of aromatic nitrogens is 4. The molecule has 0 unspecified atom stereocenters. The molecule has 2 aromatic carbocycles. The van der Waals surface area contributed by atoms with E-state index >= 15 is 0 Å². The van der Waals surface area contributed by atoms with Gasteiger partial charge in [-0.15, -0.1) is 0 Å². The first-order valence-corrected chi connectivity index (χ1v) is 11.7. The molecule has 0 saturated heterocycles. The molecule has 0 aliphatic carbocycles. The molecule has 5 N–H and O–H groups in total. The van der Waals surface area contributed by atoms with Crippen molar-refractivity contribution >= 4 is 63.5 Å². The molecule has 4 aromatic rings. The van der Waals surface area contributed by atoms with Crippen LogP contribution >= 0.6 is 23.2 Å². The zero-order chi connectivity index (χ0) is 28.6. The fourth-order valence-electron chi connectivity index (χ4n) is 2.97. The number of halogens is 5. The summed E-state index contributed by atoms with van der Waals surface area (Å²) in [5.41, 5.74) is 7.65. The number of nitrogens with one attached hydrogen (secondary N) is 3. The van der Waals surface area contributed by atoms with Crippen LogP contribution in [0.15, 0.2) is 73.6 Å². The van der Waals surface area contributed by atoms with Gasteiger partial charge in [-0.05, 0) is 72.6 Å². The Morgan fingerprint density at radius 3 is 2.13 bits per heavy atom. The fraction of sp³-hybridized carbons (Fsp3) is 0.0800. The Balaban J connectivity index is 0.000000216. The van der Waals surface area contributed by atoms with Crippen LogP contribution in [0.1, 0.15) is 11.1 Å². The highest BCUT2D eigenvalue weighted by atomic mass is 35.5. The van der Waals surface area contributed by atoms with Crippen LogP contribution in [0.3, 0.4) is 0 Å². The number of nitrogen functional groups attached to an aromatic ring is 1. The third-order valence-corrected chi connectivity index (χ3v) is 5.10. The van der Waals surface area contributed by atoms with Crippen LogP contribution in [0.4, 0.5) is 47.6 Å². The first-order chi connectivity index (χ1) is 18.4. The maximum atomic E-state index is 12.8. The maximum absolute atomic E-state index is 12.8. The summed E-state index contributed by atoms with van der Waals surface area (Å²) in [6.07, 6.45) is -1.09. The highest BCUT2D eigenvalue weighted by molar-refractivity contribution is 6.28. The van der Waals surface area contributed by atoms with Crippen molar-refractivity contribution in [3.05, 3.63) is 95.3 Å². The third kappa shape index (κ3) is 8.83. The number of amides is 1. The molecule has 2 aromatic heterocycles. The second-order valence-electron chi connectivity index (χ2n) is 7.72. The van der Waals surface area contributed by atoms with Gasteiger partial charge >= 0.3 is 6.18 Å². The van der Waals surface area contributed by atoms with E-state index in [-0.39, 0.29) is 16.5 Å². The molecular formula is C25H21Cl2F3N8O. The molecule has 0 radical (unpaired) electrons. The summed E-state index contributed by atoms with van der Waals surface area (Å²) in [5.74, 6) is -0.0568. The molecule has 0 aliphatic rings. The summed E-state index contributed by atoms with van der Waals surface area (Å²) in [7, 11) is 0. The first kappa shape index (κ1) is 29.1. The molecule has 2 heterocycles. The van der Waals surface area contributed by atoms with E-state index in [0.717, 1.165) is 11.3 Å². The number of carbonyl (C=O) groups excluding carboxylic acids is 1. The maximum Gasteiger partial charge on any atom is 0.421 e. The third-order valence-electron chi connectivity index (χ3n) is 4.73. The van der Waals surface area contributed by atoms with Gasteiger partial charge in [-0.25, -0.2) is 15.0 Å². The van der Waals surface area contributed by atoms with E-state index in [1.54, 1.807) is 36.5 Å². The van der Waals surface area contributed by atoms with Gasteiger partial charge < -0.3 is 21.7 Å². The topological polar surface area (TPSA) is 131 Å². The van der Waals surface area contributed by atoms with E-state index in [1.807, 2.05) is 19.1 Å². The molecule has 0 bridgehead atoms. The normalized spacial score (nSPS) is 10.6. The van der Waals surface area contributed by atoms with Crippen LogP contribution in [0, 0.1) is 6.92 Å². The Labute approximate surface area is 231 Å². The average Bonchev–Trinajstić information content (AvgIpc) is 2.86. The molecule has 0 atom stereocenters. The van der Waals surface area contributed by atoms with Gasteiger partial charge in [0, 0.05) is 40.7 Å². The average molecular weight is 577 g/mol. The van der Waals surface area contributed by atoms with E-state index in [4.69, 9.17) is 28.9 Å². The minimum atomic E-state index is -4.58. The van der Waals surface area contributed by atoms with Crippen LogP contribution in [0.5, 0.6) is 0 Å². The van der Waals surface area contributed by atoms with Gasteiger partial charge in [-0.1, -0.05) is 18.7 Å². The molecule has 0 fully saturated rings. The molecule has 1 amide bonds. The molecule has 9 nitrogen and oxygen atoms in total. The number of carbonyl (C=O) groups is 1. The van der Waals surface area contributed by atoms with Crippen molar-refractivity contribution in [3.8, 4) is 0 Å². The highest BCUT2D eigenvalue weighted by Gasteiger charge is 2.35. The van der Waals surface area contributed by atoms with E-state index in [1.165, 1.54) is 12.1 Å². The molecule has 4 rings (SSSR count). The lowest BCUT2D eigenvalue weighted by Crippen LogP contribution is -2.11. The van der Waals surface area contributed by atoms with Gasteiger partial charge in [-0.2, -0.15) is 18.2 Å². The second kappa shape index (κ2) is 12.9. The van der Waals surface area contributed by atoms with Crippen molar-refractivity contribution < 1.29 is 18.0 Å². The van der Waals surface area contributed by atoms with Gasteiger partial charge in [0.15, 0.2) is 0 Å². The number of nitrogens with two attached hydrogens (primary N) is 1. The van der Waals surface area contributed by atoms with Gasteiger partial charge in [-0.3, -0.25) is 4.79 Å². The lowest BCUT2D eigenvalue weighted by molar-refractivity contribution is -0.137. The van der Waals surface area contributed by atoms with Crippen LogP contribution in [0.25, 0.3) is 0 Å². The number of rotatable bonds is 6. The molecule has 202 valence electrons. The van der Waals surface area contributed by atoms with E-state index in [0.29, 0.717) is 29.1 Å². The lowest BCUT2D eigenvalue weighted by Gasteiger charge is -2.13.